The van der Waals surface area contributed by atoms with Crippen molar-refractivity contribution in [3.05, 3.63) is 76.7 Å². The number of halogens is 4. The average Bonchev–Trinajstić information content (AvgIpc) is 2.96. The van der Waals surface area contributed by atoms with Crippen molar-refractivity contribution < 1.29 is 22.7 Å². The minimum atomic E-state index is -3.07. The highest BCUT2D eigenvalue weighted by molar-refractivity contribution is 6.33. The molecule has 1 amide bonds. The van der Waals surface area contributed by atoms with Crippen LogP contribution in [-0.4, -0.2) is 22.3 Å². The van der Waals surface area contributed by atoms with Crippen LogP contribution in [0.15, 0.2) is 54.7 Å². The summed E-state index contributed by atoms with van der Waals surface area (Å²) in [6, 6.07) is 11.7. The number of anilines is 1. The number of alkyl halides is 2. The molecule has 0 unspecified atom stereocenters. The van der Waals surface area contributed by atoms with E-state index in [0.29, 0.717) is 5.56 Å². The molecule has 3 aromatic rings. The Labute approximate surface area is 157 Å². The standard InChI is InChI=1S/C18H13ClF3N3O2/c19-13-10-25(9-11-5-1-3-7-14(11)20)24-16(13)23-17(26)12-6-2-4-8-15(12)27-18(21)22/h1-8,10,18H,9H2,(H,23,24,26). The zero-order valence-electron chi connectivity index (χ0n) is 13.7. The molecule has 1 N–H and O–H groups in total. The number of para-hydroxylation sites is 1. The quantitative estimate of drug-likeness (QED) is 0.664. The van der Waals surface area contributed by atoms with Gasteiger partial charge in [0.2, 0.25) is 0 Å². The summed E-state index contributed by atoms with van der Waals surface area (Å²) < 4.78 is 44.4. The summed E-state index contributed by atoms with van der Waals surface area (Å²) >= 11 is 6.06. The maximum Gasteiger partial charge on any atom is 0.387 e. The van der Waals surface area contributed by atoms with E-state index in [1.807, 2.05) is 0 Å². The molecule has 5 nitrogen and oxygen atoms in total. The number of nitrogens with zero attached hydrogens (tertiary/aromatic N) is 2. The van der Waals surface area contributed by atoms with E-state index in [1.54, 1.807) is 18.2 Å². The Bertz CT molecular complexity index is 963. The van der Waals surface area contributed by atoms with Crippen LogP contribution in [0.1, 0.15) is 15.9 Å². The van der Waals surface area contributed by atoms with E-state index in [1.165, 1.54) is 41.2 Å². The molecule has 0 saturated heterocycles. The molecule has 0 saturated carbocycles. The summed E-state index contributed by atoms with van der Waals surface area (Å²) in [5.41, 5.74) is 0.294. The smallest absolute Gasteiger partial charge is 0.387 e. The highest BCUT2D eigenvalue weighted by Crippen LogP contribution is 2.24. The second-order valence-electron chi connectivity index (χ2n) is 5.44. The lowest BCUT2D eigenvalue weighted by atomic mass is 10.2. The molecule has 9 heteroatoms. The lowest BCUT2D eigenvalue weighted by molar-refractivity contribution is -0.0501. The van der Waals surface area contributed by atoms with Crippen LogP contribution in [0.5, 0.6) is 5.75 Å². The first-order chi connectivity index (χ1) is 12.9. The van der Waals surface area contributed by atoms with Gasteiger partial charge in [0.1, 0.15) is 16.6 Å². The number of benzene rings is 2. The van der Waals surface area contributed by atoms with E-state index in [4.69, 9.17) is 11.6 Å². The number of carbonyl (C=O) groups excluding carboxylic acids is 1. The molecule has 2 aromatic carbocycles. The number of hydrogen-bond donors (Lipinski definition) is 1. The maximum absolute atomic E-state index is 13.7. The highest BCUT2D eigenvalue weighted by Gasteiger charge is 2.18. The zero-order chi connectivity index (χ0) is 19.4. The number of nitrogens with one attached hydrogen (secondary N) is 1. The van der Waals surface area contributed by atoms with E-state index in [2.05, 4.69) is 15.2 Å². The Morgan fingerprint density at radius 2 is 1.89 bits per heavy atom. The molecule has 0 fully saturated rings. The Kier molecular flexibility index (Phi) is 5.66. The number of hydrogen-bond acceptors (Lipinski definition) is 3. The second kappa shape index (κ2) is 8.13. The number of aromatic nitrogens is 2. The molecule has 3 rings (SSSR count). The molecule has 0 aliphatic rings. The van der Waals surface area contributed by atoms with Gasteiger partial charge in [0.05, 0.1) is 12.1 Å². The fourth-order valence-corrected chi connectivity index (χ4v) is 2.59. The maximum atomic E-state index is 13.7. The Morgan fingerprint density at radius 3 is 2.63 bits per heavy atom. The van der Waals surface area contributed by atoms with Gasteiger partial charge in [0.15, 0.2) is 5.82 Å². The Morgan fingerprint density at radius 1 is 1.19 bits per heavy atom. The van der Waals surface area contributed by atoms with Crippen LogP contribution in [0.2, 0.25) is 5.02 Å². The van der Waals surface area contributed by atoms with Crippen LogP contribution >= 0.6 is 11.6 Å². The van der Waals surface area contributed by atoms with Crippen LogP contribution in [0.25, 0.3) is 0 Å². The van der Waals surface area contributed by atoms with Crippen molar-refractivity contribution in [1.82, 2.24) is 9.78 Å². The molecular weight excluding hydrogens is 383 g/mol. The van der Waals surface area contributed by atoms with Crippen molar-refractivity contribution in [3.63, 3.8) is 0 Å². The minimum Gasteiger partial charge on any atom is -0.434 e. The molecule has 0 spiro atoms. The number of carbonyl (C=O) groups is 1. The van der Waals surface area contributed by atoms with Crippen LogP contribution in [-0.2, 0) is 6.54 Å². The van der Waals surface area contributed by atoms with Gasteiger partial charge in [-0.05, 0) is 18.2 Å². The van der Waals surface area contributed by atoms with Gasteiger partial charge in [-0.3, -0.25) is 9.48 Å². The van der Waals surface area contributed by atoms with Gasteiger partial charge in [-0.25, -0.2) is 4.39 Å². The van der Waals surface area contributed by atoms with Crippen molar-refractivity contribution in [1.29, 1.82) is 0 Å². The molecule has 0 aliphatic heterocycles. The summed E-state index contributed by atoms with van der Waals surface area (Å²) in [7, 11) is 0. The van der Waals surface area contributed by atoms with Gasteiger partial charge in [0.25, 0.3) is 5.91 Å². The van der Waals surface area contributed by atoms with E-state index < -0.39 is 18.3 Å². The predicted octanol–water partition coefficient (Wildman–Crippen LogP) is 4.58. The normalized spacial score (nSPS) is 10.9. The second-order valence-corrected chi connectivity index (χ2v) is 5.85. The summed E-state index contributed by atoms with van der Waals surface area (Å²) in [5.74, 6) is -1.37. The lowest BCUT2D eigenvalue weighted by Gasteiger charge is -2.10. The molecule has 27 heavy (non-hydrogen) atoms. The van der Waals surface area contributed by atoms with Crippen molar-refractivity contribution >= 4 is 23.3 Å². The molecule has 0 radical (unpaired) electrons. The van der Waals surface area contributed by atoms with Crippen molar-refractivity contribution in [2.75, 3.05) is 5.32 Å². The Balaban J connectivity index is 1.78. The van der Waals surface area contributed by atoms with Crippen molar-refractivity contribution in [2.45, 2.75) is 13.2 Å². The van der Waals surface area contributed by atoms with Crippen LogP contribution in [0.3, 0.4) is 0 Å². The lowest BCUT2D eigenvalue weighted by Crippen LogP contribution is -2.15. The topological polar surface area (TPSA) is 56.2 Å². The zero-order valence-corrected chi connectivity index (χ0v) is 14.5. The van der Waals surface area contributed by atoms with Crippen LogP contribution in [0, 0.1) is 5.82 Å². The molecule has 1 aromatic heterocycles. The van der Waals surface area contributed by atoms with Gasteiger partial charge in [-0.1, -0.05) is 41.9 Å². The summed E-state index contributed by atoms with van der Waals surface area (Å²) in [5, 5.41) is 6.66. The molecule has 0 aliphatic carbocycles. The molecule has 0 bridgehead atoms. The van der Waals surface area contributed by atoms with Crippen molar-refractivity contribution in [2.24, 2.45) is 0 Å². The van der Waals surface area contributed by atoms with E-state index in [0.717, 1.165) is 0 Å². The Hall–Kier alpha value is -3.00. The van der Waals surface area contributed by atoms with Gasteiger partial charge in [0, 0.05) is 11.8 Å². The van der Waals surface area contributed by atoms with Crippen molar-refractivity contribution in [3.8, 4) is 5.75 Å². The summed E-state index contributed by atoms with van der Waals surface area (Å²) in [6.07, 6.45) is 1.42. The number of ether oxygens (including phenoxy) is 1. The summed E-state index contributed by atoms with van der Waals surface area (Å²) in [4.78, 5) is 12.4. The van der Waals surface area contributed by atoms with Gasteiger partial charge >= 0.3 is 6.61 Å². The third kappa shape index (κ3) is 4.59. The first-order valence-electron chi connectivity index (χ1n) is 7.75. The number of rotatable bonds is 6. The number of amides is 1. The highest BCUT2D eigenvalue weighted by atomic mass is 35.5. The van der Waals surface area contributed by atoms with E-state index in [-0.39, 0.29) is 28.7 Å². The third-order valence-corrected chi connectivity index (χ3v) is 3.86. The first kappa shape index (κ1) is 18.8. The largest absolute Gasteiger partial charge is 0.434 e. The van der Waals surface area contributed by atoms with Gasteiger partial charge < -0.3 is 10.1 Å². The van der Waals surface area contributed by atoms with Crippen LogP contribution in [0.4, 0.5) is 19.0 Å². The summed E-state index contributed by atoms with van der Waals surface area (Å²) in [6.45, 7) is -2.96. The fraction of sp³-hybridized carbons (Fsp3) is 0.111. The van der Waals surface area contributed by atoms with E-state index >= 15 is 0 Å². The fourth-order valence-electron chi connectivity index (χ4n) is 2.39. The van der Waals surface area contributed by atoms with E-state index in [9.17, 15) is 18.0 Å². The predicted molar refractivity (Wildman–Crippen MR) is 93.8 cm³/mol. The average molecular weight is 396 g/mol. The van der Waals surface area contributed by atoms with Gasteiger partial charge in [-0.15, -0.1) is 0 Å². The monoisotopic (exact) mass is 395 g/mol. The first-order valence-corrected chi connectivity index (χ1v) is 8.13. The SMILES string of the molecule is O=C(Nc1nn(Cc2ccccc2F)cc1Cl)c1ccccc1OC(F)F. The van der Waals surface area contributed by atoms with Crippen LogP contribution < -0.4 is 10.1 Å². The third-order valence-electron chi connectivity index (χ3n) is 3.59. The molecule has 140 valence electrons. The molecule has 0 atom stereocenters. The molecular formula is C18H13ClF3N3O2. The van der Waals surface area contributed by atoms with Gasteiger partial charge in [-0.2, -0.15) is 13.9 Å². The minimum absolute atomic E-state index is 0.0184. The molecule has 1 heterocycles.